The molecular formula is C17H21BrN2O2. The third-order valence-electron chi connectivity index (χ3n) is 4.00. The van der Waals surface area contributed by atoms with E-state index in [4.69, 9.17) is 0 Å². The molecule has 2 aromatic rings. The molecule has 0 saturated heterocycles. The lowest BCUT2D eigenvalue weighted by molar-refractivity contribution is 0.460. The maximum absolute atomic E-state index is 12.6. The van der Waals surface area contributed by atoms with Gasteiger partial charge in [-0.25, -0.2) is 4.68 Å². The normalized spacial score (nSPS) is 11.0. The Kier molecular flexibility index (Phi) is 4.75. The zero-order valence-corrected chi connectivity index (χ0v) is 15.2. The highest BCUT2D eigenvalue weighted by atomic mass is 79.9. The van der Waals surface area contributed by atoms with Crippen LogP contribution in [0.25, 0.3) is 11.1 Å². The van der Waals surface area contributed by atoms with Gasteiger partial charge in [-0.15, -0.1) is 0 Å². The summed E-state index contributed by atoms with van der Waals surface area (Å²) in [7, 11) is 1.61. The highest BCUT2D eigenvalue weighted by molar-refractivity contribution is 9.10. The quantitative estimate of drug-likeness (QED) is 0.903. The Morgan fingerprint density at radius 1 is 1.23 bits per heavy atom. The zero-order valence-electron chi connectivity index (χ0n) is 13.6. The summed E-state index contributed by atoms with van der Waals surface area (Å²) in [6.07, 6.45) is 1.56. The summed E-state index contributed by atoms with van der Waals surface area (Å²) in [4.78, 5) is 12.6. The standard InChI is InChI=1S/C17H21BrN2O2/c1-6-11-8-9(3)15(18)12(7-2)13(11)14-16(21)10(4)19-20(5)17(14)22/h8,21H,6-7H2,1-5H3. The first-order valence-corrected chi connectivity index (χ1v) is 8.20. The first-order chi connectivity index (χ1) is 10.3. The molecule has 2 rings (SSSR count). The fourth-order valence-corrected chi connectivity index (χ4v) is 3.44. The van der Waals surface area contributed by atoms with E-state index in [-0.39, 0.29) is 11.3 Å². The second-order valence-electron chi connectivity index (χ2n) is 5.47. The number of benzene rings is 1. The highest BCUT2D eigenvalue weighted by Gasteiger charge is 2.22. The summed E-state index contributed by atoms with van der Waals surface area (Å²) in [5.74, 6) is -0.0248. The van der Waals surface area contributed by atoms with Crippen molar-refractivity contribution < 1.29 is 5.11 Å². The van der Waals surface area contributed by atoms with Gasteiger partial charge in [-0.05, 0) is 48.9 Å². The number of hydrogen-bond donors (Lipinski definition) is 1. The Balaban J connectivity index is 3.01. The molecule has 0 spiro atoms. The number of rotatable bonds is 3. The largest absolute Gasteiger partial charge is 0.505 e. The molecule has 4 nitrogen and oxygen atoms in total. The molecule has 0 aliphatic rings. The van der Waals surface area contributed by atoms with Gasteiger partial charge in [0.15, 0.2) is 5.75 Å². The predicted molar refractivity (Wildman–Crippen MR) is 92.5 cm³/mol. The minimum Gasteiger partial charge on any atom is -0.505 e. The van der Waals surface area contributed by atoms with Crippen LogP contribution in [0, 0.1) is 13.8 Å². The summed E-state index contributed by atoms with van der Waals surface area (Å²) in [6, 6.07) is 2.08. The van der Waals surface area contributed by atoms with Gasteiger partial charge in [0, 0.05) is 11.5 Å². The first kappa shape index (κ1) is 16.7. The van der Waals surface area contributed by atoms with Gasteiger partial charge in [-0.3, -0.25) is 4.79 Å². The fourth-order valence-electron chi connectivity index (χ4n) is 2.85. The minimum atomic E-state index is -0.275. The van der Waals surface area contributed by atoms with Crippen molar-refractivity contribution in [1.29, 1.82) is 0 Å². The summed E-state index contributed by atoms with van der Waals surface area (Å²) < 4.78 is 2.29. The van der Waals surface area contributed by atoms with Crippen LogP contribution in [0.1, 0.15) is 36.2 Å². The average Bonchev–Trinajstić information content (AvgIpc) is 2.49. The van der Waals surface area contributed by atoms with Gasteiger partial charge in [0.05, 0.1) is 5.56 Å². The molecule has 22 heavy (non-hydrogen) atoms. The zero-order chi connectivity index (χ0) is 16.6. The Morgan fingerprint density at radius 2 is 1.86 bits per heavy atom. The van der Waals surface area contributed by atoms with E-state index in [2.05, 4.69) is 40.9 Å². The smallest absolute Gasteiger partial charge is 0.278 e. The van der Waals surface area contributed by atoms with Crippen LogP contribution in [0.15, 0.2) is 15.3 Å². The number of aromatic nitrogens is 2. The van der Waals surface area contributed by atoms with E-state index in [1.54, 1.807) is 14.0 Å². The van der Waals surface area contributed by atoms with Gasteiger partial charge in [-0.1, -0.05) is 35.8 Å². The van der Waals surface area contributed by atoms with Crippen molar-refractivity contribution in [3.8, 4) is 16.9 Å². The van der Waals surface area contributed by atoms with Crippen molar-refractivity contribution in [2.75, 3.05) is 0 Å². The fraction of sp³-hybridized carbons (Fsp3) is 0.412. The van der Waals surface area contributed by atoms with Crippen molar-refractivity contribution in [3.05, 3.63) is 43.3 Å². The van der Waals surface area contributed by atoms with Crippen LogP contribution >= 0.6 is 15.9 Å². The van der Waals surface area contributed by atoms with Gasteiger partial charge in [0.2, 0.25) is 0 Å². The lowest BCUT2D eigenvalue weighted by atomic mass is 9.90. The topological polar surface area (TPSA) is 55.1 Å². The molecule has 0 radical (unpaired) electrons. The molecule has 118 valence electrons. The second kappa shape index (κ2) is 6.24. The van der Waals surface area contributed by atoms with Crippen molar-refractivity contribution in [3.63, 3.8) is 0 Å². The molecule has 1 aromatic heterocycles. The third kappa shape index (κ3) is 2.58. The Bertz CT molecular complexity index is 794. The van der Waals surface area contributed by atoms with Gasteiger partial charge in [0.25, 0.3) is 5.56 Å². The number of aromatic hydroxyl groups is 1. The third-order valence-corrected chi connectivity index (χ3v) is 5.10. The van der Waals surface area contributed by atoms with Crippen LogP contribution < -0.4 is 5.56 Å². The molecule has 1 heterocycles. The van der Waals surface area contributed by atoms with Crippen LogP contribution in [0.5, 0.6) is 5.75 Å². The molecule has 0 amide bonds. The van der Waals surface area contributed by atoms with Crippen molar-refractivity contribution in [1.82, 2.24) is 9.78 Å². The van der Waals surface area contributed by atoms with Gasteiger partial charge < -0.3 is 5.11 Å². The molecule has 0 atom stereocenters. The lowest BCUT2D eigenvalue weighted by Crippen LogP contribution is -2.23. The molecular weight excluding hydrogens is 344 g/mol. The van der Waals surface area contributed by atoms with Crippen LogP contribution in [-0.2, 0) is 19.9 Å². The molecule has 0 fully saturated rings. The number of aryl methyl sites for hydroxylation is 4. The van der Waals surface area contributed by atoms with E-state index in [1.807, 2.05) is 6.92 Å². The molecule has 0 saturated carbocycles. The molecule has 0 bridgehead atoms. The molecule has 0 unspecified atom stereocenters. The van der Waals surface area contributed by atoms with E-state index in [0.29, 0.717) is 11.3 Å². The molecule has 1 aromatic carbocycles. The van der Waals surface area contributed by atoms with E-state index < -0.39 is 0 Å². The van der Waals surface area contributed by atoms with Gasteiger partial charge in [0.1, 0.15) is 5.69 Å². The van der Waals surface area contributed by atoms with Gasteiger partial charge in [-0.2, -0.15) is 5.10 Å². The Hall–Kier alpha value is -1.62. The van der Waals surface area contributed by atoms with Gasteiger partial charge >= 0.3 is 0 Å². The van der Waals surface area contributed by atoms with Crippen molar-refractivity contribution in [2.45, 2.75) is 40.5 Å². The molecule has 0 aliphatic heterocycles. The lowest BCUT2D eigenvalue weighted by Gasteiger charge is -2.19. The average molecular weight is 365 g/mol. The predicted octanol–water partition coefficient (Wildman–Crippen LogP) is 3.66. The summed E-state index contributed by atoms with van der Waals surface area (Å²) in [6.45, 7) is 7.86. The van der Waals surface area contributed by atoms with E-state index in [0.717, 1.165) is 39.6 Å². The Morgan fingerprint density at radius 3 is 2.41 bits per heavy atom. The van der Waals surface area contributed by atoms with Crippen LogP contribution in [-0.4, -0.2) is 14.9 Å². The first-order valence-electron chi connectivity index (χ1n) is 7.41. The molecule has 0 aliphatic carbocycles. The van der Waals surface area contributed by atoms with Crippen LogP contribution in [0.4, 0.5) is 0 Å². The summed E-state index contributed by atoms with van der Waals surface area (Å²) in [5.41, 5.74) is 4.63. The molecule has 5 heteroatoms. The monoisotopic (exact) mass is 364 g/mol. The maximum atomic E-state index is 12.6. The highest BCUT2D eigenvalue weighted by Crippen LogP contribution is 2.38. The number of nitrogens with zero attached hydrogens (tertiary/aromatic N) is 2. The Labute approximate surface area is 138 Å². The van der Waals surface area contributed by atoms with Crippen molar-refractivity contribution >= 4 is 15.9 Å². The number of halogens is 1. The minimum absolute atomic E-state index is 0.0248. The summed E-state index contributed by atoms with van der Waals surface area (Å²) >= 11 is 3.63. The van der Waals surface area contributed by atoms with Crippen LogP contribution in [0.3, 0.4) is 0 Å². The second-order valence-corrected chi connectivity index (χ2v) is 6.26. The van der Waals surface area contributed by atoms with Crippen LogP contribution in [0.2, 0.25) is 0 Å². The molecule has 1 N–H and O–H groups in total. The SMILES string of the molecule is CCc1cc(C)c(Br)c(CC)c1-c1c(O)c(C)nn(C)c1=O. The maximum Gasteiger partial charge on any atom is 0.278 e. The van der Waals surface area contributed by atoms with E-state index in [9.17, 15) is 9.90 Å². The van der Waals surface area contributed by atoms with E-state index in [1.165, 1.54) is 4.68 Å². The van der Waals surface area contributed by atoms with E-state index >= 15 is 0 Å². The van der Waals surface area contributed by atoms with Crippen molar-refractivity contribution in [2.24, 2.45) is 7.05 Å². The number of hydrogen-bond acceptors (Lipinski definition) is 3. The summed E-state index contributed by atoms with van der Waals surface area (Å²) in [5, 5.41) is 14.5.